The molecule has 0 spiro atoms. The van der Waals surface area contributed by atoms with E-state index in [0.29, 0.717) is 0 Å². The van der Waals surface area contributed by atoms with Crippen LogP contribution in [0.4, 0.5) is 0 Å². The Labute approximate surface area is 111 Å². The van der Waals surface area contributed by atoms with Crippen LogP contribution in [0.2, 0.25) is 0 Å². The number of benzene rings is 1. The van der Waals surface area contributed by atoms with Crippen molar-refractivity contribution in [3.8, 4) is 5.75 Å². The average molecular weight is 263 g/mol. The van der Waals surface area contributed by atoms with Crippen LogP contribution in [0, 0.1) is 0 Å². The maximum absolute atomic E-state index is 9.25. The van der Waals surface area contributed by atoms with Gasteiger partial charge >= 0.3 is 0 Å². The second kappa shape index (κ2) is 5.98. The van der Waals surface area contributed by atoms with Crippen molar-refractivity contribution in [2.75, 3.05) is 7.11 Å². The third kappa shape index (κ3) is 2.71. The monoisotopic (exact) mass is 263 g/mol. The Morgan fingerprint density at radius 3 is 2.72 bits per heavy atom. The lowest BCUT2D eigenvalue weighted by atomic mass is 10.1. The summed E-state index contributed by atoms with van der Waals surface area (Å²) >= 11 is 1.67. The van der Waals surface area contributed by atoms with Gasteiger partial charge in [0, 0.05) is 16.9 Å². The van der Waals surface area contributed by atoms with E-state index in [9.17, 15) is 5.11 Å². The zero-order valence-electron chi connectivity index (χ0n) is 10.6. The zero-order chi connectivity index (χ0) is 13.0. The van der Waals surface area contributed by atoms with Gasteiger partial charge in [-0.2, -0.15) is 0 Å². The summed E-state index contributed by atoms with van der Waals surface area (Å²) in [4.78, 5) is 5.65. The zero-order valence-corrected chi connectivity index (χ0v) is 11.5. The van der Waals surface area contributed by atoms with Crippen LogP contribution in [0.15, 0.2) is 24.3 Å². The summed E-state index contributed by atoms with van der Waals surface area (Å²) in [7, 11) is 1.68. The number of thiazole rings is 1. The van der Waals surface area contributed by atoms with Gasteiger partial charge in [0.2, 0.25) is 0 Å². The Morgan fingerprint density at radius 1 is 1.33 bits per heavy atom. The summed E-state index contributed by atoms with van der Waals surface area (Å²) in [6.45, 7) is 2.10. The molecule has 0 aliphatic heterocycles. The van der Waals surface area contributed by atoms with E-state index in [1.165, 1.54) is 4.88 Å². The number of aryl methyl sites for hydroxylation is 1. The molecule has 0 aliphatic rings. The molecule has 0 amide bonds. The molecule has 0 bridgehead atoms. The molecule has 1 aromatic heterocycles. The summed E-state index contributed by atoms with van der Waals surface area (Å²) < 4.78 is 5.33. The normalized spacial score (nSPS) is 10.6. The van der Waals surface area contributed by atoms with Crippen molar-refractivity contribution in [3.05, 3.63) is 45.4 Å². The highest BCUT2D eigenvalue weighted by molar-refractivity contribution is 7.11. The van der Waals surface area contributed by atoms with Crippen molar-refractivity contribution < 1.29 is 9.84 Å². The number of aliphatic hydroxyl groups is 1. The topological polar surface area (TPSA) is 42.4 Å². The first-order valence-corrected chi connectivity index (χ1v) is 6.80. The standard InChI is InChI=1S/C14H17NO2S/c1-3-13-11(9-16)15-14(18-13)8-10-6-4-5-7-12(10)17-2/h4-7,16H,3,8-9H2,1-2H3. The summed E-state index contributed by atoms with van der Waals surface area (Å²) in [6, 6.07) is 7.96. The second-order valence-electron chi connectivity index (χ2n) is 3.98. The van der Waals surface area contributed by atoms with E-state index in [2.05, 4.69) is 11.9 Å². The van der Waals surface area contributed by atoms with E-state index < -0.39 is 0 Å². The summed E-state index contributed by atoms with van der Waals surface area (Å²) in [5.41, 5.74) is 1.94. The first-order valence-electron chi connectivity index (χ1n) is 5.98. The molecule has 0 atom stereocenters. The molecule has 18 heavy (non-hydrogen) atoms. The van der Waals surface area contributed by atoms with Crippen LogP contribution in [0.25, 0.3) is 0 Å². The fourth-order valence-corrected chi connectivity index (χ4v) is 2.96. The molecule has 0 fully saturated rings. The first-order chi connectivity index (χ1) is 8.78. The highest BCUT2D eigenvalue weighted by Crippen LogP contribution is 2.25. The fraction of sp³-hybridized carbons (Fsp3) is 0.357. The SMILES string of the molecule is CCc1sc(Cc2ccccc2OC)nc1CO. The number of nitrogens with zero attached hydrogens (tertiary/aromatic N) is 1. The number of aromatic nitrogens is 1. The van der Waals surface area contributed by atoms with Gasteiger partial charge in [-0.15, -0.1) is 11.3 Å². The predicted molar refractivity (Wildman–Crippen MR) is 73.2 cm³/mol. The molecule has 1 heterocycles. The van der Waals surface area contributed by atoms with Gasteiger partial charge < -0.3 is 9.84 Å². The van der Waals surface area contributed by atoms with E-state index in [1.54, 1.807) is 18.4 Å². The van der Waals surface area contributed by atoms with Crippen LogP contribution in [0.3, 0.4) is 0 Å². The van der Waals surface area contributed by atoms with Crippen LogP contribution in [0.1, 0.15) is 28.1 Å². The van der Waals surface area contributed by atoms with E-state index in [0.717, 1.165) is 34.9 Å². The number of rotatable bonds is 5. The molecule has 0 radical (unpaired) electrons. The van der Waals surface area contributed by atoms with Gasteiger partial charge in [0.15, 0.2) is 0 Å². The first kappa shape index (κ1) is 13.1. The molecule has 0 saturated carbocycles. The Hall–Kier alpha value is -1.39. The Morgan fingerprint density at radius 2 is 2.11 bits per heavy atom. The number of hydrogen-bond acceptors (Lipinski definition) is 4. The number of hydrogen-bond donors (Lipinski definition) is 1. The van der Waals surface area contributed by atoms with Gasteiger partial charge in [0.05, 0.1) is 24.4 Å². The van der Waals surface area contributed by atoms with E-state index in [1.807, 2.05) is 24.3 Å². The number of para-hydroxylation sites is 1. The lowest BCUT2D eigenvalue weighted by Crippen LogP contribution is -1.94. The van der Waals surface area contributed by atoms with Gasteiger partial charge in [-0.1, -0.05) is 25.1 Å². The van der Waals surface area contributed by atoms with Crippen LogP contribution >= 0.6 is 11.3 Å². The lowest BCUT2D eigenvalue weighted by molar-refractivity contribution is 0.276. The highest BCUT2D eigenvalue weighted by Gasteiger charge is 2.11. The predicted octanol–water partition coefficient (Wildman–Crippen LogP) is 2.80. The van der Waals surface area contributed by atoms with Crippen molar-refractivity contribution in [2.24, 2.45) is 0 Å². The molecule has 4 heteroatoms. The number of ether oxygens (including phenoxy) is 1. The molecule has 96 valence electrons. The number of methoxy groups -OCH3 is 1. The van der Waals surface area contributed by atoms with E-state index in [-0.39, 0.29) is 6.61 Å². The van der Waals surface area contributed by atoms with Gasteiger partial charge in [-0.25, -0.2) is 4.98 Å². The van der Waals surface area contributed by atoms with Crippen LogP contribution in [-0.4, -0.2) is 17.2 Å². The molecule has 0 aliphatic carbocycles. The highest BCUT2D eigenvalue weighted by atomic mass is 32.1. The van der Waals surface area contributed by atoms with Crippen molar-refractivity contribution >= 4 is 11.3 Å². The van der Waals surface area contributed by atoms with Gasteiger partial charge in [0.1, 0.15) is 5.75 Å². The van der Waals surface area contributed by atoms with Gasteiger partial charge in [-0.05, 0) is 12.5 Å². The molecule has 2 aromatic rings. The van der Waals surface area contributed by atoms with Gasteiger partial charge in [0.25, 0.3) is 0 Å². The third-order valence-corrected chi connectivity index (χ3v) is 4.07. The second-order valence-corrected chi connectivity index (χ2v) is 5.15. The maximum Gasteiger partial charge on any atom is 0.122 e. The van der Waals surface area contributed by atoms with E-state index >= 15 is 0 Å². The number of aliphatic hydroxyl groups excluding tert-OH is 1. The molecule has 2 rings (SSSR count). The summed E-state index contributed by atoms with van der Waals surface area (Å²) in [5, 5.41) is 10.3. The Balaban J connectivity index is 2.25. The largest absolute Gasteiger partial charge is 0.496 e. The van der Waals surface area contributed by atoms with Crippen molar-refractivity contribution in [2.45, 2.75) is 26.4 Å². The summed E-state index contributed by atoms with van der Waals surface area (Å²) in [6.07, 6.45) is 1.67. The minimum atomic E-state index is 0.0194. The van der Waals surface area contributed by atoms with Gasteiger partial charge in [-0.3, -0.25) is 0 Å². The molecular weight excluding hydrogens is 246 g/mol. The maximum atomic E-state index is 9.25. The quantitative estimate of drug-likeness (QED) is 0.902. The molecular formula is C14H17NO2S. The van der Waals surface area contributed by atoms with Crippen LogP contribution in [0.5, 0.6) is 5.75 Å². The van der Waals surface area contributed by atoms with Crippen molar-refractivity contribution in [3.63, 3.8) is 0 Å². The molecule has 0 saturated heterocycles. The molecule has 3 nitrogen and oxygen atoms in total. The van der Waals surface area contributed by atoms with Crippen molar-refractivity contribution in [1.29, 1.82) is 0 Å². The van der Waals surface area contributed by atoms with Crippen LogP contribution in [-0.2, 0) is 19.4 Å². The fourth-order valence-electron chi connectivity index (χ4n) is 1.92. The van der Waals surface area contributed by atoms with Crippen molar-refractivity contribution in [1.82, 2.24) is 4.98 Å². The minimum absolute atomic E-state index is 0.0194. The Kier molecular flexibility index (Phi) is 4.33. The molecule has 1 N–H and O–H groups in total. The lowest BCUT2D eigenvalue weighted by Gasteiger charge is -2.05. The average Bonchev–Trinajstić information content (AvgIpc) is 2.81. The molecule has 0 unspecified atom stereocenters. The smallest absolute Gasteiger partial charge is 0.122 e. The van der Waals surface area contributed by atoms with E-state index in [4.69, 9.17) is 4.74 Å². The molecule has 1 aromatic carbocycles. The Bertz CT molecular complexity index is 501. The summed E-state index contributed by atoms with van der Waals surface area (Å²) in [5.74, 6) is 0.885. The third-order valence-electron chi connectivity index (χ3n) is 2.83. The van der Waals surface area contributed by atoms with Crippen LogP contribution < -0.4 is 4.74 Å². The minimum Gasteiger partial charge on any atom is -0.496 e.